The molecule has 0 bridgehead atoms. The van der Waals surface area contributed by atoms with Gasteiger partial charge in [-0.15, -0.1) is 0 Å². The van der Waals surface area contributed by atoms with Gasteiger partial charge in [0.2, 0.25) is 0 Å². The number of hydrogen-bond acceptors (Lipinski definition) is 5. The Bertz CT molecular complexity index is 315. The number of hydrogen-bond donors (Lipinski definition) is 2. The maximum Gasteiger partial charge on any atom is 0.0969 e. The second kappa shape index (κ2) is 7.39. The largest absolute Gasteiger partial charge is 0.389 e. The second-order valence-electron chi connectivity index (χ2n) is 4.01. The van der Waals surface area contributed by atoms with E-state index in [9.17, 15) is 5.11 Å². The normalized spacial score (nSPS) is 14.8. The molecule has 0 aliphatic rings. The predicted octanol–water partition coefficient (Wildman–Crippen LogP) is -0.0733. The van der Waals surface area contributed by atoms with Crippen LogP contribution in [0.5, 0.6) is 0 Å². The fourth-order valence-electron chi connectivity index (χ4n) is 1.34. The molecule has 1 aromatic heterocycles. The first kappa shape index (κ1) is 14.1. The number of aliphatic hydroxyl groups is 1. The summed E-state index contributed by atoms with van der Waals surface area (Å²) in [5.41, 5.74) is 6.67. The Balaban J connectivity index is 2.27. The SMILES string of the molecule is COCCOCC(O)Cn1cc([C@@H](C)N)cn1. The summed E-state index contributed by atoms with van der Waals surface area (Å²) in [5.74, 6) is 0. The van der Waals surface area contributed by atoms with Crippen molar-refractivity contribution in [2.75, 3.05) is 26.9 Å². The van der Waals surface area contributed by atoms with Crippen LogP contribution in [0.15, 0.2) is 12.4 Å². The zero-order valence-corrected chi connectivity index (χ0v) is 10.4. The molecule has 98 valence electrons. The fourth-order valence-corrected chi connectivity index (χ4v) is 1.34. The minimum atomic E-state index is -0.576. The summed E-state index contributed by atoms with van der Waals surface area (Å²) < 4.78 is 11.7. The zero-order chi connectivity index (χ0) is 12.7. The van der Waals surface area contributed by atoms with Crippen LogP contribution in [0.4, 0.5) is 0 Å². The van der Waals surface area contributed by atoms with Crippen LogP contribution in [-0.4, -0.2) is 47.9 Å². The van der Waals surface area contributed by atoms with E-state index in [4.69, 9.17) is 15.2 Å². The maximum atomic E-state index is 9.69. The lowest BCUT2D eigenvalue weighted by Gasteiger charge is -2.11. The number of rotatable bonds is 8. The summed E-state index contributed by atoms with van der Waals surface area (Å²) in [6.07, 6.45) is 2.97. The lowest BCUT2D eigenvalue weighted by molar-refractivity contribution is 0.00597. The molecule has 0 aromatic carbocycles. The van der Waals surface area contributed by atoms with Crippen LogP contribution in [0.2, 0.25) is 0 Å². The lowest BCUT2D eigenvalue weighted by atomic mass is 10.2. The predicted molar refractivity (Wildman–Crippen MR) is 63.5 cm³/mol. The number of nitrogens with two attached hydrogens (primary N) is 1. The molecule has 0 saturated heterocycles. The summed E-state index contributed by atoms with van der Waals surface area (Å²) in [7, 11) is 1.61. The van der Waals surface area contributed by atoms with Gasteiger partial charge in [-0.2, -0.15) is 5.10 Å². The van der Waals surface area contributed by atoms with Crippen molar-refractivity contribution in [3.63, 3.8) is 0 Å². The minimum Gasteiger partial charge on any atom is -0.389 e. The van der Waals surface area contributed by atoms with Crippen LogP contribution < -0.4 is 5.73 Å². The monoisotopic (exact) mass is 243 g/mol. The summed E-state index contributed by atoms with van der Waals surface area (Å²) in [6.45, 7) is 3.59. The van der Waals surface area contributed by atoms with Gasteiger partial charge in [0.15, 0.2) is 0 Å². The van der Waals surface area contributed by atoms with Crippen molar-refractivity contribution in [2.24, 2.45) is 5.73 Å². The molecular formula is C11H21N3O3. The molecule has 0 saturated carbocycles. The highest BCUT2D eigenvalue weighted by Gasteiger charge is 2.08. The van der Waals surface area contributed by atoms with Crippen LogP contribution in [0.3, 0.4) is 0 Å². The van der Waals surface area contributed by atoms with Crippen molar-refractivity contribution < 1.29 is 14.6 Å². The number of aromatic nitrogens is 2. The Morgan fingerprint density at radius 3 is 2.88 bits per heavy atom. The maximum absolute atomic E-state index is 9.69. The standard InChI is InChI=1S/C11H21N3O3/c1-9(12)10-5-13-14(6-10)7-11(15)8-17-4-3-16-2/h5-6,9,11,15H,3-4,7-8,12H2,1-2H3/t9-,11?/m1/s1. The first-order chi connectivity index (χ1) is 8.13. The highest BCUT2D eigenvalue weighted by atomic mass is 16.5. The third kappa shape index (κ3) is 5.27. The van der Waals surface area contributed by atoms with Crippen LogP contribution in [0.25, 0.3) is 0 Å². The molecule has 1 aromatic rings. The minimum absolute atomic E-state index is 0.0427. The van der Waals surface area contributed by atoms with Crippen molar-refractivity contribution in [1.29, 1.82) is 0 Å². The molecule has 2 atom stereocenters. The quantitative estimate of drug-likeness (QED) is 0.624. The molecular weight excluding hydrogens is 222 g/mol. The van der Waals surface area contributed by atoms with Crippen LogP contribution in [-0.2, 0) is 16.0 Å². The molecule has 6 heteroatoms. The van der Waals surface area contributed by atoms with Crippen molar-refractivity contribution in [3.05, 3.63) is 18.0 Å². The molecule has 0 aliphatic carbocycles. The molecule has 3 N–H and O–H groups in total. The van der Waals surface area contributed by atoms with Crippen molar-refractivity contribution in [1.82, 2.24) is 9.78 Å². The Morgan fingerprint density at radius 1 is 1.53 bits per heavy atom. The number of ether oxygens (including phenoxy) is 2. The molecule has 1 rings (SSSR count). The fraction of sp³-hybridized carbons (Fsp3) is 0.727. The molecule has 17 heavy (non-hydrogen) atoms. The third-order valence-corrected chi connectivity index (χ3v) is 2.32. The Morgan fingerprint density at radius 2 is 2.29 bits per heavy atom. The molecule has 0 radical (unpaired) electrons. The topological polar surface area (TPSA) is 82.5 Å². The molecule has 0 aliphatic heterocycles. The van der Waals surface area contributed by atoms with E-state index in [0.29, 0.717) is 19.8 Å². The van der Waals surface area contributed by atoms with Crippen LogP contribution >= 0.6 is 0 Å². The summed E-state index contributed by atoms with van der Waals surface area (Å²) >= 11 is 0. The smallest absolute Gasteiger partial charge is 0.0969 e. The van der Waals surface area contributed by atoms with Crippen molar-refractivity contribution in [2.45, 2.75) is 25.6 Å². The highest BCUT2D eigenvalue weighted by molar-refractivity contribution is 5.08. The van der Waals surface area contributed by atoms with Crippen LogP contribution in [0.1, 0.15) is 18.5 Å². The number of nitrogens with zero attached hydrogens (tertiary/aromatic N) is 2. The molecule has 1 heterocycles. The first-order valence-corrected chi connectivity index (χ1v) is 5.66. The average molecular weight is 243 g/mol. The van der Waals surface area contributed by atoms with Gasteiger partial charge >= 0.3 is 0 Å². The Hall–Kier alpha value is -0.950. The molecule has 0 spiro atoms. The second-order valence-corrected chi connectivity index (χ2v) is 4.01. The van der Waals surface area contributed by atoms with E-state index in [2.05, 4.69) is 5.10 Å². The number of methoxy groups -OCH3 is 1. The average Bonchev–Trinajstić information content (AvgIpc) is 2.73. The van der Waals surface area contributed by atoms with Crippen LogP contribution in [0, 0.1) is 0 Å². The third-order valence-electron chi connectivity index (χ3n) is 2.32. The zero-order valence-electron chi connectivity index (χ0n) is 10.4. The summed E-state index contributed by atoms with van der Waals surface area (Å²) in [5, 5.41) is 13.8. The van der Waals surface area contributed by atoms with E-state index in [1.807, 2.05) is 13.1 Å². The van der Waals surface area contributed by atoms with Gasteiger partial charge in [0.05, 0.1) is 38.7 Å². The lowest BCUT2D eigenvalue weighted by Crippen LogP contribution is -2.23. The van der Waals surface area contributed by atoms with Gasteiger partial charge < -0.3 is 20.3 Å². The Kier molecular flexibility index (Phi) is 6.13. The Labute approximate surface area is 101 Å². The summed E-state index contributed by atoms with van der Waals surface area (Å²) in [6, 6.07) is -0.0427. The van der Waals surface area contributed by atoms with Gasteiger partial charge in [0.1, 0.15) is 0 Å². The van der Waals surface area contributed by atoms with E-state index in [1.54, 1.807) is 18.0 Å². The van der Waals surface area contributed by atoms with E-state index in [-0.39, 0.29) is 12.6 Å². The van der Waals surface area contributed by atoms with Gasteiger partial charge in [-0.05, 0) is 6.92 Å². The molecule has 0 amide bonds. The van der Waals surface area contributed by atoms with E-state index < -0.39 is 6.10 Å². The summed E-state index contributed by atoms with van der Waals surface area (Å²) in [4.78, 5) is 0. The van der Waals surface area contributed by atoms with Gasteiger partial charge in [-0.25, -0.2) is 0 Å². The molecule has 0 fully saturated rings. The van der Waals surface area contributed by atoms with Gasteiger partial charge in [0.25, 0.3) is 0 Å². The van der Waals surface area contributed by atoms with E-state index in [1.165, 1.54) is 0 Å². The number of aliphatic hydroxyl groups excluding tert-OH is 1. The van der Waals surface area contributed by atoms with Gasteiger partial charge in [-0.3, -0.25) is 4.68 Å². The van der Waals surface area contributed by atoms with Gasteiger partial charge in [0, 0.05) is 24.9 Å². The van der Waals surface area contributed by atoms with E-state index >= 15 is 0 Å². The molecule has 6 nitrogen and oxygen atoms in total. The van der Waals surface area contributed by atoms with Crippen molar-refractivity contribution in [3.8, 4) is 0 Å². The van der Waals surface area contributed by atoms with E-state index in [0.717, 1.165) is 5.56 Å². The van der Waals surface area contributed by atoms with Crippen molar-refractivity contribution >= 4 is 0 Å². The first-order valence-electron chi connectivity index (χ1n) is 5.66. The molecule has 1 unspecified atom stereocenters. The van der Waals surface area contributed by atoms with Gasteiger partial charge in [-0.1, -0.05) is 0 Å². The highest BCUT2D eigenvalue weighted by Crippen LogP contribution is 2.07.